The Morgan fingerprint density at radius 1 is 1.19 bits per heavy atom. The first-order valence-corrected chi connectivity index (χ1v) is 7.94. The number of nitrogens with zero attached hydrogens (tertiary/aromatic N) is 3. The third-order valence-electron chi connectivity index (χ3n) is 5.12. The first-order valence-electron chi connectivity index (χ1n) is 7.94. The lowest BCUT2D eigenvalue weighted by Crippen LogP contribution is -2.63. The number of hydrogen-bond acceptors (Lipinski definition) is 2. The number of anilines is 1. The fourth-order valence-corrected chi connectivity index (χ4v) is 3.53. The van der Waals surface area contributed by atoms with Crippen LogP contribution in [0, 0.1) is 5.41 Å². The molecule has 1 aromatic rings. The fourth-order valence-electron chi connectivity index (χ4n) is 3.53. The van der Waals surface area contributed by atoms with Crippen LogP contribution in [0.15, 0.2) is 30.3 Å². The van der Waals surface area contributed by atoms with Crippen LogP contribution in [0.4, 0.5) is 10.5 Å². The number of urea groups is 1. The topological polar surface area (TPSA) is 26.8 Å². The van der Waals surface area contributed by atoms with E-state index < -0.39 is 0 Å². The van der Waals surface area contributed by atoms with E-state index >= 15 is 0 Å². The lowest BCUT2D eigenvalue weighted by atomic mass is 9.72. The zero-order chi connectivity index (χ0) is 14.9. The van der Waals surface area contributed by atoms with Gasteiger partial charge in [-0.25, -0.2) is 4.79 Å². The highest BCUT2D eigenvalue weighted by molar-refractivity contribution is 5.92. The van der Waals surface area contributed by atoms with Crippen LogP contribution in [0.1, 0.15) is 19.8 Å². The van der Waals surface area contributed by atoms with Crippen molar-refractivity contribution in [2.75, 3.05) is 44.7 Å². The summed E-state index contributed by atoms with van der Waals surface area (Å²) >= 11 is 0. The maximum atomic E-state index is 12.5. The van der Waals surface area contributed by atoms with Gasteiger partial charge >= 0.3 is 6.03 Å². The van der Waals surface area contributed by atoms with Crippen LogP contribution in [0.25, 0.3) is 0 Å². The summed E-state index contributed by atoms with van der Waals surface area (Å²) in [7, 11) is 1.86. The molecule has 0 bridgehead atoms. The Bertz CT molecular complexity index is 486. The number of carbonyl (C=O) groups excluding carboxylic acids is 1. The van der Waals surface area contributed by atoms with Gasteiger partial charge in [0.2, 0.25) is 0 Å². The van der Waals surface area contributed by atoms with E-state index in [-0.39, 0.29) is 6.03 Å². The van der Waals surface area contributed by atoms with E-state index in [2.05, 4.69) is 11.8 Å². The van der Waals surface area contributed by atoms with Gasteiger partial charge in [0.05, 0.1) is 0 Å². The van der Waals surface area contributed by atoms with Crippen LogP contribution in [-0.4, -0.2) is 55.6 Å². The molecular weight excluding hydrogens is 262 g/mol. The third-order valence-corrected chi connectivity index (χ3v) is 5.12. The average Bonchev–Trinajstić information content (AvgIpc) is 2.52. The zero-order valence-corrected chi connectivity index (χ0v) is 13.1. The van der Waals surface area contributed by atoms with Crippen molar-refractivity contribution in [3.8, 4) is 0 Å². The van der Waals surface area contributed by atoms with Crippen LogP contribution in [-0.2, 0) is 0 Å². The molecular formula is C17H25N3O. The molecule has 0 atom stereocenters. The predicted octanol–water partition coefficient (Wildman–Crippen LogP) is 2.66. The lowest BCUT2D eigenvalue weighted by Gasteiger charge is -2.54. The molecule has 0 radical (unpaired) electrons. The second-order valence-corrected chi connectivity index (χ2v) is 6.47. The minimum atomic E-state index is 0.129. The van der Waals surface area contributed by atoms with Crippen LogP contribution in [0.5, 0.6) is 0 Å². The largest absolute Gasteiger partial charge is 0.324 e. The van der Waals surface area contributed by atoms with Crippen LogP contribution in [0.3, 0.4) is 0 Å². The first kappa shape index (κ1) is 14.4. The van der Waals surface area contributed by atoms with Crippen molar-refractivity contribution in [3.05, 3.63) is 30.3 Å². The van der Waals surface area contributed by atoms with E-state index in [1.807, 2.05) is 42.3 Å². The summed E-state index contributed by atoms with van der Waals surface area (Å²) in [4.78, 5) is 18.8. The molecule has 0 unspecified atom stereocenters. The molecule has 1 spiro atoms. The van der Waals surface area contributed by atoms with Gasteiger partial charge in [-0.15, -0.1) is 0 Å². The second kappa shape index (κ2) is 5.68. The minimum absolute atomic E-state index is 0.129. The predicted molar refractivity (Wildman–Crippen MR) is 85.6 cm³/mol. The number of rotatable bonds is 2. The van der Waals surface area contributed by atoms with Gasteiger partial charge in [0.25, 0.3) is 0 Å². The molecule has 2 fully saturated rings. The second-order valence-electron chi connectivity index (χ2n) is 6.47. The Morgan fingerprint density at radius 3 is 2.38 bits per heavy atom. The SMILES string of the molecule is CCN1CCC2(CC1)CN(C(=O)N(C)c1ccccc1)C2. The molecule has 0 saturated carbocycles. The number of amides is 2. The van der Waals surface area contributed by atoms with E-state index in [4.69, 9.17) is 0 Å². The summed E-state index contributed by atoms with van der Waals surface area (Å²) in [6.07, 6.45) is 2.47. The summed E-state index contributed by atoms with van der Waals surface area (Å²) in [5.74, 6) is 0. The fraction of sp³-hybridized carbons (Fsp3) is 0.588. The van der Waals surface area contributed by atoms with E-state index in [9.17, 15) is 4.79 Å². The van der Waals surface area contributed by atoms with Crippen LogP contribution in [0.2, 0.25) is 0 Å². The van der Waals surface area contributed by atoms with Crippen LogP contribution >= 0.6 is 0 Å². The summed E-state index contributed by atoms with van der Waals surface area (Å²) in [5, 5.41) is 0. The number of benzene rings is 1. The van der Waals surface area contributed by atoms with E-state index in [1.54, 1.807) is 4.90 Å². The molecule has 21 heavy (non-hydrogen) atoms. The van der Waals surface area contributed by atoms with Gasteiger partial charge in [-0.1, -0.05) is 25.1 Å². The summed E-state index contributed by atoms with van der Waals surface area (Å²) in [6.45, 7) is 7.61. The molecule has 1 aromatic carbocycles. The molecule has 2 saturated heterocycles. The van der Waals surface area contributed by atoms with Crippen molar-refractivity contribution in [1.82, 2.24) is 9.80 Å². The van der Waals surface area contributed by atoms with E-state index in [1.165, 1.54) is 25.9 Å². The highest BCUT2D eigenvalue weighted by Crippen LogP contribution is 2.40. The standard InChI is InChI=1S/C17H25N3O/c1-3-19-11-9-17(10-12-19)13-20(14-17)16(21)18(2)15-7-5-4-6-8-15/h4-8H,3,9-14H2,1-2H3. The maximum Gasteiger partial charge on any atom is 0.324 e. The van der Waals surface area contributed by atoms with E-state index in [0.717, 1.165) is 25.3 Å². The summed E-state index contributed by atoms with van der Waals surface area (Å²) in [5.41, 5.74) is 1.36. The summed E-state index contributed by atoms with van der Waals surface area (Å²) in [6, 6.07) is 10.0. The van der Waals surface area contributed by atoms with Gasteiger partial charge in [-0.05, 0) is 44.6 Å². The molecule has 0 aliphatic carbocycles. The Morgan fingerprint density at radius 2 is 1.81 bits per heavy atom. The van der Waals surface area contributed by atoms with Crippen molar-refractivity contribution in [2.45, 2.75) is 19.8 Å². The van der Waals surface area contributed by atoms with Crippen molar-refractivity contribution < 1.29 is 4.79 Å². The Kier molecular flexibility index (Phi) is 3.89. The van der Waals surface area contributed by atoms with Gasteiger partial charge in [-0.2, -0.15) is 0 Å². The molecule has 2 aliphatic heterocycles. The monoisotopic (exact) mass is 287 g/mol. The average molecular weight is 287 g/mol. The molecule has 3 rings (SSSR count). The van der Waals surface area contributed by atoms with Crippen molar-refractivity contribution in [3.63, 3.8) is 0 Å². The van der Waals surface area contributed by atoms with Gasteiger partial charge in [0, 0.05) is 31.2 Å². The minimum Gasteiger partial charge on any atom is -0.323 e. The Labute approximate surface area is 127 Å². The number of para-hydroxylation sites is 1. The van der Waals surface area contributed by atoms with Gasteiger partial charge in [0.1, 0.15) is 0 Å². The van der Waals surface area contributed by atoms with Gasteiger partial charge in [0.15, 0.2) is 0 Å². The molecule has 4 nitrogen and oxygen atoms in total. The lowest BCUT2D eigenvalue weighted by molar-refractivity contribution is -0.0185. The first-order chi connectivity index (χ1) is 10.1. The van der Waals surface area contributed by atoms with Crippen molar-refractivity contribution in [2.24, 2.45) is 5.41 Å². The quantitative estimate of drug-likeness (QED) is 0.836. The van der Waals surface area contributed by atoms with Gasteiger partial charge < -0.3 is 9.80 Å². The van der Waals surface area contributed by atoms with Gasteiger partial charge in [-0.3, -0.25) is 4.90 Å². The smallest absolute Gasteiger partial charge is 0.323 e. The van der Waals surface area contributed by atoms with E-state index in [0.29, 0.717) is 5.41 Å². The van der Waals surface area contributed by atoms with Crippen LogP contribution < -0.4 is 4.90 Å². The molecule has 2 amide bonds. The Hall–Kier alpha value is -1.55. The Balaban J connectivity index is 1.55. The normalized spacial score (nSPS) is 21.1. The number of piperidine rings is 1. The molecule has 114 valence electrons. The maximum absolute atomic E-state index is 12.5. The van der Waals surface area contributed by atoms with Crippen molar-refractivity contribution >= 4 is 11.7 Å². The molecule has 4 heteroatoms. The highest BCUT2D eigenvalue weighted by Gasteiger charge is 2.47. The zero-order valence-electron chi connectivity index (χ0n) is 13.1. The third kappa shape index (κ3) is 2.77. The summed E-state index contributed by atoms with van der Waals surface area (Å²) < 4.78 is 0. The number of likely N-dealkylation sites (tertiary alicyclic amines) is 2. The molecule has 0 aromatic heterocycles. The van der Waals surface area contributed by atoms with Crippen molar-refractivity contribution in [1.29, 1.82) is 0 Å². The number of hydrogen-bond donors (Lipinski definition) is 0. The highest BCUT2D eigenvalue weighted by atomic mass is 16.2. The molecule has 2 aliphatic rings. The molecule has 2 heterocycles. The number of carbonyl (C=O) groups is 1. The molecule has 0 N–H and O–H groups in total.